The minimum atomic E-state index is -0.249. The molecule has 4 rings (SSSR count). The zero-order chi connectivity index (χ0) is 16.5. The van der Waals surface area contributed by atoms with Gasteiger partial charge in [0, 0.05) is 43.2 Å². The maximum absolute atomic E-state index is 12.1. The molecule has 0 spiro atoms. The average Bonchev–Trinajstić information content (AvgIpc) is 3.13. The molecular formula is C16H16ClN5O2. The van der Waals surface area contributed by atoms with Gasteiger partial charge in [0.05, 0.1) is 17.4 Å². The van der Waals surface area contributed by atoms with Gasteiger partial charge in [-0.3, -0.25) is 4.79 Å². The predicted molar refractivity (Wildman–Crippen MR) is 89.3 cm³/mol. The largest absolute Gasteiger partial charge is 0.360 e. The monoisotopic (exact) mass is 345 g/mol. The fraction of sp³-hybridized carbons (Fsp3) is 0.312. The molecule has 3 aromatic rings. The number of H-pyrrole nitrogens is 1. The Morgan fingerprint density at radius 2 is 2.29 bits per heavy atom. The Morgan fingerprint density at radius 3 is 3.08 bits per heavy atom. The Kier molecular flexibility index (Phi) is 3.95. The van der Waals surface area contributed by atoms with Crippen LogP contribution in [0, 0.1) is 0 Å². The van der Waals surface area contributed by atoms with Crippen molar-refractivity contribution in [2.45, 2.75) is 12.3 Å². The van der Waals surface area contributed by atoms with Gasteiger partial charge in [0.2, 0.25) is 5.76 Å². The Labute approximate surface area is 142 Å². The number of carbonyl (C=O) groups excluding carboxylic acids is 1. The lowest BCUT2D eigenvalue weighted by Crippen LogP contribution is -2.40. The van der Waals surface area contributed by atoms with Gasteiger partial charge in [-0.15, -0.1) is 0 Å². The molecule has 7 nitrogen and oxygen atoms in total. The molecule has 1 saturated heterocycles. The van der Waals surface area contributed by atoms with E-state index in [-0.39, 0.29) is 11.7 Å². The molecule has 0 aromatic carbocycles. The topological polar surface area (TPSA) is 95.8 Å². The van der Waals surface area contributed by atoms with E-state index in [0.717, 1.165) is 35.2 Å². The van der Waals surface area contributed by atoms with E-state index >= 15 is 0 Å². The minimum absolute atomic E-state index is 0.249. The number of rotatable bonds is 5. The molecule has 124 valence electrons. The van der Waals surface area contributed by atoms with Crippen LogP contribution in [-0.2, 0) is 6.42 Å². The van der Waals surface area contributed by atoms with Crippen LogP contribution in [0.25, 0.3) is 10.9 Å². The summed E-state index contributed by atoms with van der Waals surface area (Å²) in [6, 6.07) is 3.54. The second-order valence-electron chi connectivity index (χ2n) is 5.84. The molecule has 0 radical (unpaired) electrons. The molecule has 0 bridgehead atoms. The number of aromatic amines is 1. The van der Waals surface area contributed by atoms with Crippen LogP contribution in [0.5, 0.6) is 0 Å². The number of hydrogen-bond acceptors (Lipinski definition) is 5. The molecule has 1 aliphatic heterocycles. The minimum Gasteiger partial charge on any atom is -0.360 e. The van der Waals surface area contributed by atoms with Gasteiger partial charge in [0.15, 0.2) is 0 Å². The van der Waals surface area contributed by atoms with Crippen molar-refractivity contribution in [2.75, 3.05) is 19.6 Å². The number of nitrogens with zero attached hydrogens (tertiary/aromatic N) is 2. The summed E-state index contributed by atoms with van der Waals surface area (Å²) >= 11 is 5.94. The third-order valence-corrected chi connectivity index (χ3v) is 4.46. The fourth-order valence-electron chi connectivity index (χ4n) is 2.74. The van der Waals surface area contributed by atoms with Crippen molar-refractivity contribution in [3.8, 4) is 0 Å². The molecule has 4 heterocycles. The number of pyridine rings is 1. The van der Waals surface area contributed by atoms with Crippen LogP contribution in [0.1, 0.15) is 27.7 Å². The molecule has 0 aliphatic carbocycles. The van der Waals surface area contributed by atoms with Crippen LogP contribution in [0.15, 0.2) is 29.0 Å². The summed E-state index contributed by atoms with van der Waals surface area (Å²) in [5, 5.41) is 11.5. The summed E-state index contributed by atoms with van der Waals surface area (Å²) in [7, 11) is 0. The number of halogens is 1. The fourth-order valence-corrected chi connectivity index (χ4v) is 2.90. The standard InChI is InChI=1S/C16H16ClN5O2/c17-15-3-11-9(7-20-13(11)8-21-15)1-2-19-16(23)14-4-12(22-24-14)10-5-18-6-10/h3-4,7-8,10,18,20H,1-2,5-6H2,(H,19,23). The number of fused-ring (bicyclic) bond motifs is 1. The van der Waals surface area contributed by atoms with E-state index in [9.17, 15) is 4.79 Å². The molecule has 24 heavy (non-hydrogen) atoms. The first-order chi connectivity index (χ1) is 11.7. The number of aromatic nitrogens is 3. The summed E-state index contributed by atoms with van der Waals surface area (Å²) in [5.74, 6) is 0.350. The van der Waals surface area contributed by atoms with Gasteiger partial charge >= 0.3 is 0 Å². The number of hydrogen-bond donors (Lipinski definition) is 3. The first kappa shape index (κ1) is 15.2. The molecule has 8 heteroatoms. The Morgan fingerprint density at radius 1 is 1.42 bits per heavy atom. The van der Waals surface area contributed by atoms with Gasteiger partial charge in [0.1, 0.15) is 5.15 Å². The van der Waals surface area contributed by atoms with E-state index in [1.165, 1.54) is 0 Å². The van der Waals surface area contributed by atoms with E-state index in [2.05, 4.69) is 25.8 Å². The molecule has 0 saturated carbocycles. The van der Waals surface area contributed by atoms with E-state index in [4.69, 9.17) is 16.1 Å². The number of amides is 1. The van der Waals surface area contributed by atoms with Crippen molar-refractivity contribution >= 4 is 28.4 Å². The lowest BCUT2D eigenvalue weighted by atomic mass is 9.99. The van der Waals surface area contributed by atoms with Crippen molar-refractivity contribution in [1.29, 1.82) is 0 Å². The van der Waals surface area contributed by atoms with Gasteiger partial charge < -0.3 is 20.1 Å². The third kappa shape index (κ3) is 2.88. The summed E-state index contributed by atoms with van der Waals surface area (Å²) in [6.45, 7) is 2.25. The molecule has 1 fully saturated rings. The van der Waals surface area contributed by atoms with Gasteiger partial charge in [-0.2, -0.15) is 0 Å². The summed E-state index contributed by atoms with van der Waals surface area (Å²) in [5.41, 5.74) is 2.83. The highest BCUT2D eigenvalue weighted by atomic mass is 35.5. The Balaban J connectivity index is 1.36. The second-order valence-corrected chi connectivity index (χ2v) is 6.23. The molecule has 1 amide bonds. The van der Waals surface area contributed by atoms with Crippen molar-refractivity contribution in [1.82, 2.24) is 25.8 Å². The molecule has 3 N–H and O–H groups in total. The quantitative estimate of drug-likeness (QED) is 0.613. The predicted octanol–water partition coefficient (Wildman–Crippen LogP) is 1.86. The summed E-state index contributed by atoms with van der Waals surface area (Å²) in [6.07, 6.45) is 4.29. The number of nitrogens with one attached hydrogen (secondary N) is 3. The molecule has 1 aliphatic rings. The molecule has 0 unspecified atom stereocenters. The lowest BCUT2D eigenvalue weighted by molar-refractivity contribution is 0.0917. The number of carbonyl (C=O) groups is 1. The van der Waals surface area contributed by atoms with Crippen LogP contribution in [-0.4, -0.2) is 40.7 Å². The second kappa shape index (κ2) is 6.26. The van der Waals surface area contributed by atoms with Crippen LogP contribution >= 0.6 is 11.6 Å². The Bertz CT molecular complexity index is 884. The van der Waals surface area contributed by atoms with Crippen LogP contribution in [0.3, 0.4) is 0 Å². The zero-order valence-electron chi connectivity index (χ0n) is 12.8. The lowest BCUT2D eigenvalue weighted by Gasteiger charge is -2.24. The van der Waals surface area contributed by atoms with Crippen molar-refractivity contribution in [3.05, 3.63) is 46.7 Å². The SMILES string of the molecule is O=C(NCCc1c[nH]c2cnc(Cl)cc12)c1cc(C2CNC2)no1. The first-order valence-corrected chi connectivity index (χ1v) is 8.15. The Hall–Kier alpha value is -2.38. The van der Waals surface area contributed by atoms with E-state index in [1.807, 2.05) is 12.3 Å². The third-order valence-electron chi connectivity index (χ3n) is 4.25. The van der Waals surface area contributed by atoms with E-state index in [0.29, 0.717) is 24.0 Å². The van der Waals surface area contributed by atoms with Gasteiger partial charge in [0.25, 0.3) is 5.91 Å². The highest BCUT2D eigenvalue weighted by molar-refractivity contribution is 6.30. The van der Waals surface area contributed by atoms with E-state index < -0.39 is 0 Å². The highest BCUT2D eigenvalue weighted by Crippen LogP contribution is 2.21. The van der Waals surface area contributed by atoms with Crippen LogP contribution < -0.4 is 10.6 Å². The molecule has 3 aromatic heterocycles. The average molecular weight is 346 g/mol. The van der Waals surface area contributed by atoms with Crippen LogP contribution in [0.2, 0.25) is 5.15 Å². The summed E-state index contributed by atoms with van der Waals surface area (Å²) < 4.78 is 5.14. The summed E-state index contributed by atoms with van der Waals surface area (Å²) in [4.78, 5) is 19.3. The maximum atomic E-state index is 12.1. The van der Waals surface area contributed by atoms with Crippen LogP contribution in [0.4, 0.5) is 0 Å². The smallest absolute Gasteiger partial charge is 0.289 e. The van der Waals surface area contributed by atoms with E-state index in [1.54, 1.807) is 12.3 Å². The van der Waals surface area contributed by atoms with Crippen molar-refractivity contribution in [3.63, 3.8) is 0 Å². The highest BCUT2D eigenvalue weighted by Gasteiger charge is 2.24. The molecular weight excluding hydrogens is 330 g/mol. The van der Waals surface area contributed by atoms with Gasteiger partial charge in [-0.1, -0.05) is 16.8 Å². The normalized spacial score (nSPS) is 14.7. The van der Waals surface area contributed by atoms with Gasteiger partial charge in [-0.25, -0.2) is 4.98 Å². The zero-order valence-corrected chi connectivity index (χ0v) is 13.6. The van der Waals surface area contributed by atoms with Gasteiger partial charge in [-0.05, 0) is 18.1 Å². The maximum Gasteiger partial charge on any atom is 0.289 e. The first-order valence-electron chi connectivity index (χ1n) is 7.78. The van der Waals surface area contributed by atoms with Crippen molar-refractivity contribution in [2.24, 2.45) is 0 Å². The molecule has 0 atom stereocenters. The van der Waals surface area contributed by atoms with Crippen molar-refractivity contribution < 1.29 is 9.32 Å².